The van der Waals surface area contributed by atoms with Crippen molar-refractivity contribution >= 4 is 23.9 Å². The molecule has 3 N–H and O–H groups in total. The van der Waals surface area contributed by atoms with Gasteiger partial charge in [0, 0.05) is 19.1 Å². The van der Waals surface area contributed by atoms with Crippen molar-refractivity contribution in [2.24, 2.45) is 4.99 Å². The van der Waals surface area contributed by atoms with Crippen LogP contribution in [0.2, 0.25) is 0 Å². The Morgan fingerprint density at radius 1 is 1.33 bits per heavy atom. The molecule has 1 aliphatic rings. The number of carbonyl (C=O) groups excluding carboxylic acids is 1. The van der Waals surface area contributed by atoms with E-state index in [0.29, 0.717) is 12.8 Å². The van der Waals surface area contributed by atoms with Crippen LogP contribution in [0.25, 0.3) is 0 Å². The molecule has 0 aliphatic heterocycles. The van der Waals surface area contributed by atoms with Crippen LogP contribution in [0.5, 0.6) is 0 Å². The molecule has 1 aliphatic carbocycles. The Morgan fingerprint density at radius 2 is 2.00 bits per heavy atom. The largest absolute Gasteiger partial charge is 0.512 e. The van der Waals surface area contributed by atoms with Crippen molar-refractivity contribution in [2.45, 2.75) is 31.7 Å². The predicted octanol–water partition coefficient (Wildman–Crippen LogP) is 0.550. The van der Waals surface area contributed by atoms with E-state index in [-0.39, 0.29) is 23.5 Å². The first-order valence-electron chi connectivity index (χ1n) is 5.35. The maximum Gasteiger partial charge on any atom is 0.329 e. The molecule has 0 fully saturated rings. The number of hydrogen-bond donors (Lipinski definition) is 3. The van der Waals surface area contributed by atoms with Gasteiger partial charge >= 0.3 is 11.9 Å². The lowest BCUT2D eigenvalue weighted by Crippen LogP contribution is -2.22. The molecule has 1 rings (SSSR count). The first kappa shape index (κ1) is 13.9. The van der Waals surface area contributed by atoms with Gasteiger partial charge in [0.25, 0.3) is 0 Å². The van der Waals surface area contributed by atoms with E-state index in [1.165, 1.54) is 0 Å². The fraction of sp³-hybridized carbons (Fsp3) is 0.455. The number of aliphatic imine (C=N–C) groups is 1. The van der Waals surface area contributed by atoms with E-state index in [2.05, 4.69) is 4.99 Å². The fourth-order valence-corrected chi connectivity index (χ4v) is 1.53. The third-order valence-corrected chi connectivity index (χ3v) is 2.47. The summed E-state index contributed by atoms with van der Waals surface area (Å²) in [5.74, 6) is -3.14. The molecule has 7 heteroatoms. The molecule has 18 heavy (non-hydrogen) atoms. The Balaban J connectivity index is 2.85. The van der Waals surface area contributed by atoms with E-state index in [1.54, 1.807) is 0 Å². The summed E-state index contributed by atoms with van der Waals surface area (Å²) in [6.07, 6.45) is 1.43. The van der Waals surface area contributed by atoms with Crippen LogP contribution in [-0.2, 0) is 14.4 Å². The second kappa shape index (κ2) is 5.95. The van der Waals surface area contributed by atoms with Crippen molar-refractivity contribution in [1.82, 2.24) is 0 Å². The Labute approximate surface area is 102 Å². The molecular formula is C11H13NO6. The van der Waals surface area contributed by atoms with Crippen LogP contribution < -0.4 is 0 Å². The molecule has 0 unspecified atom stereocenters. The Bertz CT molecular complexity index is 437. The number of carbonyl (C=O) groups is 3. The van der Waals surface area contributed by atoms with Crippen molar-refractivity contribution in [2.75, 3.05) is 0 Å². The number of allylic oxidation sites excluding steroid dienone is 2. The molecule has 0 bridgehead atoms. The molecule has 0 spiro atoms. The molecule has 0 saturated heterocycles. The lowest BCUT2D eigenvalue weighted by Gasteiger charge is -2.12. The number of aliphatic hydroxyl groups is 1. The number of carboxylic acid groups (broad SMARTS) is 2. The minimum atomic E-state index is -1.46. The number of Topliss-reactive ketones (excluding diaryl/α,β-unsaturated/α-hetero) is 1. The summed E-state index contributed by atoms with van der Waals surface area (Å²) in [6, 6.07) is -1.46. The maximum absolute atomic E-state index is 11.4. The van der Waals surface area contributed by atoms with Crippen molar-refractivity contribution < 1.29 is 29.7 Å². The molecule has 98 valence electrons. The summed E-state index contributed by atoms with van der Waals surface area (Å²) >= 11 is 0. The van der Waals surface area contributed by atoms with E-state index >= 15 is 0 Å². The topological polar surface area (TPSA) is 124 Å². The average Bonchev–Trinajstić information content (AvgIpc) is 2.26. The number of rotatable bonds is 5. The highest BCUT2D eigenvalue weighted by molar-refractivity contribution is 6.14. The van der Waals surface area contributed by atoms with Crippen LogP contribution in [0.1, 0.15) is 25.7 Å². The molecule has 1 atom stereocenters. The van der Waals surface area contributed by atoms with E-state index < -0.39 is 24.4 Å². The number of aliphatic carboxylic acids is 2. The highest BCUT2D eigenvalue weighted by atomic mass is 16.4. The Kier molecular flexibility index (Phi) is 4.59. The van der Waals surface area contributed by atoms with Gasteiger partial charge in [0.15, 0.2) is 11.8 Å². The highest BCUT2D eigenvalue weighted by Crippen LogP contribution is 2.18. The molecule has 0 aromatic heterocycles. The number of carboxylic acids is 2. The first-order valence-corrected chi connectivity index (χ1v) is 5.35. The molecule has 0 aromatic carbocycles. The van der Waals surface area contributed by atoms with Gasteiger partial charge in [-0.3, -0.25) is 14.6 Å². The Hall–Kier alpha value is -2.18. The van der Waals surface area contributed by atoms with E-state index in [9.17, 15) is 19.5 Å². The minimum Gasteiger partial charge on any atom is -0.512 e. The maximum atomic E-state index is 11.4. The second-order valence-electron chi connectivity index (χ2n) is 3.87. The molecule has 0 heterocycles. The fourth-order valence-electron chi connectivity index (χ4n) is 1.53. The lowest BCUT2D eigenvalue weighted by molar-refractivity contribution is -0.144. The van der Waals surface area contributed by atoms with Crippen LogP contribution >= 0.6 is 0 Å². The SMILES string of the molecule is O=C(O)C[C@@H](N=CC1=C(O)CCCC1=O)C(=O)O. The zero-order valence-corrected chi connectivity index (χ0v) is 9.50. The zero-order valence-electron chi connectivity index (χ0n) is 9.50. The van der Waals surface area contributed by atoms with Gasteiger partial charge in [-0.25, -0.2) is 4.79 Å². The summed E-state index contributed by atoms with van der Waals surface area (Å²) in [7, 11) is 0. The zero-order chi connectivity index (χ0) is 13.7. The number of ketones is 1. The summed E-state index contributed by atoms with van der Waals surface area (Å²) in [4.78, 5) is 36.1. The number of aliphatic hydroxyl groups excluding tert-OH is 1. The predicted molar refractivity (Wildman–Crippen MR) is 60.7 cm³/mol. The summed E-state index contributed by atoms with van der Waals surface area (Å²) < 4.78 is 0. The van der Waals surface area contributed by atoms with E-state index in [0.717, 1.165) is 6.21 Å². The Morgan fingerprint density at radius 3 is 2.50 bits per heavy atom. The summed E-state index contributed by atoms with van der Waals surface area (Å²) in [5, 5.41) is 26.7. The first-order chi connectivity index (χ1) is 8.41. The van der Waals surface area contributed by atoms with Gasteiger partial charge in [0.2, 0.25) is 0 Å². The van der Waals surface area contributed by atoms with Crippen molar-refractivity contribution in [3.05, 3.63) is 11.3 Å². The number of hydrogen-bond acceptors (Lipinski definition) is 5. The lowest BCUT2D eigenvalue weighted by atomic mass is 9.97. The molecular weight excluding hydrogens is 242 g/mol. The van der Waals surface area contributed by atoms with Gasteiger partial charge < -0.3 is 15.3 Å². The van der Waals surface area contributed by atoms with Gasteiger partial charge in [-0.15, -0.1) is 0 Å². The number of nitrogens with zero attached hydrogens (tertiary/aromatic N) is 1. The highest BCUT2D eigenvalue weighted by Gasteiger charge is 2.22. The minimum absolute atomic E-state index is 0.0297. The van der Waals surface area contributed by atoms with Crippen LogP contribution in [0, 0.1) is 0 Å². The summed E-state index contributed by atoms with van der Waals surface area (Å²) in [5.41, 5.74) is -0.0297. The quantitative estimate of drug-likeness (QED) is 0.616. The second-order valence-corrected chi connectivity index (χ2v) is 3.87. The normalized spacial score (nSPS) is 18.1. The smallest absolute Gasteiger partial charge is 0.329 e. The molecule has 0 aromatic rings. The van der Waals surface area contributed by atoms with Gasteiger partial charge in [-0.2, -0.15) is 0 Å². The van der Waals surface area contributed by atoms with Crippen LogP contribution in [0.4, 0.5) is 0 Å². The molecule has 7 nitrogen and oxygen atoms in total. The van der Waals surface area contributed by atoms with Crippen LogP contribution in [-0.4, -0.2) is 45.3 Å². The third kappa shape index (κ3) is 3.69. The van der Waals surface area contributed by atoms with Gasteiger partial charge in [-0.1, -0.05) is 0 Å². The molecule has 0 amide bonds. The van der Waals surface area contributed by atoms with Gasteiger partial charge in [-0.05, 0) is 6.42 Å². The van der Waals surface area contributed by atoms with Crippen molar-refractivity contribution in [3.63, 3.8) is 0 Å². The molecule has 0 radical (unpaired) electrons. The van der Waals surface area contributed by atoms with Crippen molar-refractivity contribution in [1.29, 1.82) is 0 Å². The average molecular weight is 255 g/mol. The monoisotopic (exact) mass is 255 g/mol. The van der Waals surface area contributed by atoms with Crippen molar-refractivity contribution in [3.8, 4) is 0 Å². The third-order valence-electron chi connectivity index (χ3n) is 2.47. The van der Waals surface area contributed by atoms with Crippen LogP contribution in [0.3, 0.4) is 0 Å². The standard InChI is InChI=1S/C11H13NO6/c13-8-2-1-3-9(14)6(8)5-12-7(11(17)18)4-10(15)16/h5,7,13H,1-4H2,(H,15,16)(H,17,18)/t7-/m1/s1. The van der Waals surface area contributed by atoms with E-state index in [1.807, 2.05) is 0 Å². The molecule has 0 saturated carbocycles. The van der Waals surface area contributed by atoms with Crippen LogP contribution in [0.15, 0.2) is 16.3 Å². The van der Waals surface area contributed by atoms with Gasteiger partial charge in [0.1, 0.15) is 5.76 Å². The van der Waals surface area contributed by atoms with Gasteiger partial charge in [0.05, 0.1) is 12.0 Å². The van der Waals surface area contributed by atoms with E-state index in [4.69, 9.17) is 10.2 Å². The summed E-state index contributed by atoms with van der Waals surface area (Å²) in [6.45, 7) is 0.